The summed E-state index contributed by atoms with van der Waals surface area (Å²) < 4.78 is 0. The molecule has 0 bridgehead atoms. The van der Waals surface area contributed by atoms with E-state index in [1.807, 2.05) is 13.8 Å². The predicted molar refractivity (Wildman–Crippen MR) is 69.9 cm³/mol. The summed E-state index contributed by atoms with van der Waals surface area (Å²) in [4.78, 5) is 12.1. The zero-order chi connectivity index (χ0) is 13.8. The molecule has 0 spiro atoms. The van der Waals surface area contributed by atoms with Crippen LogP contribution in [0.3, 0.4) is 0 Å². The van der Waals surface area contributed by atoms with Gasteiger partial charge in [0.1, 0.15) is 0 Å². The third-order valence-electron chi connectivity index (χ3n) is 2.82. The Kier molecular flexibility index (Phi) is 5.31. The number of carbonyl (C=O) groups excluding carboxylic acids is 1. The van der Waals surface area contributed by atoms with E-state index in [1.54, 1.807) is 0 Å². The first kappa shape index (κ1) is 15.1. The fourth-order valence-electron chi connectivity index (χ4n) is 1.43. The van der Waals surface area contributed by atoms with Crippen molar-refractivity contribution in [2.45, 2.75) is 32.2 Å². The minimum Gasteiger partial charge on any atom is -0.396 e. The topological polar surface area (TPSA) is 75.1 Å². The SMILES string of the molecule is CCC(C)(CCO)NC(=O)c1cc(Cl)nnc1Cl. The lowest BCUT2D eigenvalue weighted by Gasteiger charge is -2.29. The summed E-state index contributed by atoms with van der Waals surface area (Å²) >= 11 is 11.5. The van der Waals surface area contributed by atoms with Crippen LogP contribution in [0.25, 0.3) is 0 Å². The molecule has 0 radical (unpaired) electrons. The van der Waals surface area contributed by atoms with Crippen LogP contribution in [0, 0.1) is 0 Å². The molecular weight excluding hydrogens is 277 g/mol. The predicted octanol–water partition coefficient (Wildman–Crippen LogP) is 2.06. The molecule has 7 heteroatoms. The molecule has 18 heavy (non-hydrogen) atoms. The van der Waals surface area contributed by atoms with Crippen molar-refractivity contribution in [3.05, 3.63) is 21.9 Å². The fourth-order valence-corrected chi connectivity index (χ4v) is 1.75. The summed E-state index contributed by atoms with van der Waals surface area (Å²) in [6.45, 7) is 3.77. The zero-order valence-corrected chi connectivity index (χ0v) is 11.7. The second kappa shape index (κ2) is 6.31. The molecule has 0 aliphatic rings. The number of aliphatic hydroxyl groups is 1. The molecule has 0 aliphatic carbocycles. The van der Waals surface area contributed by atoms with Crippen molar-refractivity contribution in [2.24, 2.45) is 0 Å². The van der Waals surface area contributed by atoms with E-state index in [0.29, 0.717) is 12.8 Å². The second-order valence-corrected chi connectivity index (χ2v) is 4.96. The number of aliphatic hydroxyl groups excluding tert-OH is 1. The van der Waals surface area contributed by atoms with E-state index in [1.165, 1.54) is 6.07 Å². The van der Waals surface area contributed by atoms with Crippen LogP contribution >= 0.6 is 23.2 Å². The largest absolute Gasteiger partial charge is 0.396 e. The summed E-state index contributed by atoms with van der Waals surface area (Å²) in [7, 11) is 0. The lowest BCUT2D eigenvalue weighted by atomic mass is 9.94. The molecular formula is C11H15Cl2N3O2. The standard InChI is InChI=1S/C11H15Cl2N3O2/c1-3-11(2,4-5-17)14-10(18)7-6-8(12)15-16-9(7)13/h6,17H,3-5H2,1-2H3,(H,14,18). The maximum atomic E-state index is 12.1. The second-order valence-electron chi connectivity index (χ2n) is 4.21. The first-order chi connectivity index (χ1) is 8.41. The average Bonchev–Trinajstić information content (AvgIpc) is 2.32. The van der Waals surface area contributed by atoms with Crippen LogP contribution in [-0.4, -0.2) is 33.4 Å². The number of nitrogens with zero attached hydrogens (tertiary/aromatic N) is 2. The summed E-state index contributed by atoms with van der Waals surface area (Å²) in [6.07, 6.45) is 1.14. The molecule has 0 aliphatic heterocycles. The summed E-state index contributed by atoms with van der Waals surface area (Å²) in [5, 5.41) is 19.0. The van der Waals surface area contributed by atoms with E-state index < -0.39 is 5.54 Å². The number of carbonyl (C=O) groups is 1. The van der Waals surface area contributed by atoms with Crippen molar-refractivity contribution in [3.8, 4) is 0 Å². The molecule has 1 aromatic rings. The summed E-state index contributed by atoms with van der Waals surface area (Å²) in [6, 6.07) is 1.36. The maximum Gasteiger partial charge on any atom is 0.255 e. The Morgan fingerprint density at radius 2 is 2.17 bits per heavy atom. The Morgan fingerprint density at radius 3 is 2.72 bits per heavy atom. The van der Waals surface area contributed by atoms with E-state index in [4.69, 9.17) is 28.3 Å². The Balaban J connectivity index is 2.90. The van der Waals surface area contributed by atoms with Crippen LogP contribution in [0.2, 0.25) is 10.3 Å². The van der Waals surface area contributed by atoms with Crippen molar-refractivity contribution in [2.75, 3.05) is 6.61 Å². The summed E-state index contributed by atoms with van der Waals surface area (Å²) in [5.74, 6) is -0.380. The van der Waals surface area contributed by atoms with Gasteiger partial charge in [0.25, 0.3) is 5.91 Å². The van der Waals surface area contributed by atoms with E-state index in [9.17, 15) is 4.79 Å². The van der Waals surface area contributed by atoms with E-state index in [0.717, 1.165) is 0 Å². The molecule has 0 saturated carbocycles. The van der Waals surface area contributed by atoms with Crippen molar-refractivity contribution in [3.63, 3.8) is 0 Å². The molecule has 0 fully saturated rings. The molecule has 0 saturated heterocycles. The average molecular weight is 292 g/mol. The van der Waals surface area contributed by atoms with Gasteiger partial charge in [0.2, 0.25) is 0 Å². The van der Waals surface area contributed by atoms with Crippen LogP contribution in [-0.2, 0) is 0 Å². The molecule has 1 atom stereocenters. The first-order valence-corrected chi connectivity index (χ1v) is 6.29. The van der Waals surface area contributed by atoms with Crippen molar-refractivity contribution in [1.29, 1.82) is 0 Å². The Labute approximate surface area is 116 Å². The van der Waals surface area contributed by atoms with Gasteiger partial charge in [-0.15, -0.1) is 10.2 Å². The van der Waals surface area contributed by atoms with Gasteiger partial charge in [0.15, 0.2) is 10.3 Å². The van der Waals surface area contributed by atoms with Crippen LogP contribution in [0.5, 0.6) is 0 Å². The van der Waals surface area contributed by atoms with Gasteiger partial charge in [-0.2, -0.15) is 0 Å². The van der Waals surface area contributed by atoms with E-state index in [-0.39, 0.29) is 28.4 Å². The molecule has 1 amide bonds. The van der Waals surface area contributed by atoms with Crippen molar-refractivity contribution >= 4 is 29.1 Å². The lowest BCUT2D eigenvalue weighted by molar-refractivity contribution is 0.0886. The van der Waals surface area contributed by atoms with Crippen LogP contribution in [0.1, 0.15) is 37.0 Å². The molecule has 0 aromatic carbocycles. The highest BCUT2D eigenvalue weighted by Crippen LogP contribution is 2.19. The third kappa shape index (κ3) is 3.80. The molecule has 1 heterocycles. The molecule has 2 N–H and O–H groups in total. The van der Waals surface area contributed by atoms with Crippen LogP contribution in [0.4, 0.5) is 0 Å². The van der Waals surface area contributed by atoms with Crippen LogP contribution in [0.15, 0.2) is 6.07 Å². The highest BCUT2D eigenvalue weighted by molar-refractivity contribution is 6.34. The Morgan fingerprint density at radius 1 is 1.50 bits per heavy atom. The maximum absolute atomic E-state index is 12.1. The molecule has 5 nitrogen and oxygen atoms in total. The smallest absolute Gasteiger partial charge is 0.255 e. The van der Waals surface area contributed by atoms with E-state index in [2.05, 4.69) is 15.5 Å². The minimum absolute atomic E-state index is 0.000600. The first-order valence-electron chi connectivity index (χ1n) is 5.54. The molecule has 1 aromatic heterocycles. The van der Waals surface area contributed by atoms with E-state index >= 15 is 0 Å². The lowest BCUT2D eigenvalue weighted by Crippen LogP contribution is -2.46. The molecule has 1 rings (SSSR count). The molecule has 100 valence electrons. The van der Waals surface area contributed by atoms with Gasteiger partial charge in [-0.05, 0) is 25.8 Å². The Bertz CT molecular complexity index is 442. The number of halogens is 2. The highest BCUT2D eigenvalue weighted by Gasteiger charge is 2.25. The van der Waals surface area contributed by atoms with Gasteiger partial charge < -0.3 is 10.4 Å². The number of hydrogen-bond acceptors (Lipinski definition) is 4. The highest BCUT2D eigenvalue weighted by atomic mass is 35.5. The quantitative estimate of drug-likeness (QED) is 0.871. The normalized spacial score (nSPS) is 14.1. The van der Waals surface area contributed by atoms with Crippen molar-refractivity contribution < 1.29 is 9.90 Å². The minimum atomic E-state index is -0.495. The zero-order valence-electron chi connectivity index (χ0n) is 10.2. The van der Waals surface area contributed by atoms with Crippen molar-refractivity contribution in [1.82, 2.24) is 15.5 Å². The van der Waals surface area contributed by atoms with Crippen LogP contribution < -0.4 is 5.32 Å². The monoisotopic (exact) mass is 291 g/mol. The Hall–Kier alpha value is -0.910. The van der Waals surface area contributed by atoms with Gasteiger partial charge in [-0.25, -0.2) is 0 Å². The number of hydrogen-bond donors (Lipinski definition) is 2. The summed E-state index contributed by atoms with van der Waals surface area (Å²) in [5.41, 5.74) is -0.320. The number of amides is 1. The van der Waals surface area contributed by atoms with Gasteiger partial charge in [-0.1, -0.05) is 30.1 Å². The van der Waals surface area contributed by atoms with Gasteiger partial charge >= 0.3 is 0 Å². The third-order valence-corrected chi connectivity index (χ3v) is 3.29. The fraction of sp³-hybridized carbons (Fsp3) is 0.545. The number of aromatic nitrogens is 2. The number of nitrogens with one attached hydrogen (secondary N) is 1. The number of rotatable bonds is 5. The van der Waals surface area contributed by atoms with Gasteiger partial charge in [-0.3, -0.25) is 4.79 Å². The van der Waals surface area contributed by atoms with Gasteiger partial charge in [0, 0.05) is 12.1 Å². The van der Waals surface area contributed by atoms with Gasteiger partial charge in [0.05, 0.1) is 5.56 Å². The molecule has 1 unspecified atom stereocenters.